The van der Waals surface area contributed by atoms with Crippen molar-refractivity contribution < 1.29 is 14.3 Å². The molecule has 24 heavy (non-hydrogen) atoms. The van der Waals surface area contributed by atoms with Crippen LogP contribution in [0.25, 0.3) is 0 Å². The number of rotatable bonds is 4. The van der Waals surface area contributed by atoms with Crippen molar-refractivity contribution in [3.05, 3.63) is 35.9 Å². The molecule has 0 spiro atoms. The molecule has 0 aromatic heterocycles. The molecule has 1 aliphatic rings. The van der Waals surface area contributed by atoms with Gasteiger partial charge in [0, 0.05) is 12.5 Å². The summed E-state index contributed by atoms with van der Waals surface area (Å²) in [5, 5.41) is 0. The van der Waals surface area contributed by atoms with Crippen molar-refractivity contribution in [2.45, 2.75) is 65.5 Å². The first-order valence-corrected chi connectivity index (χ1v) is 8.78. The molecule has 0 saturated carbocycles. The molecule has 2 atom stereocenters. The van der Waals surface area contributed by atoms with Gasteiger partial charge in [-0.1, -0.05) is 44.2 Å². The largest absolute Gasteiger partial charge is 0.443 e. The standard InChI is InChI=1S/C20H29NO3/c1-14(2)16-13-18(22)21(19(23)24-20(3,4)5)17(16)12-11-15-9-7-6-8-10-15/h6-10,14,16-17H,11-13H2,1-5H3/t16-,17+/m1/s1. The van der Waals surface area contributed by atoms with E-state index >= 15 is 0 Å². The smallest absolute Gasteiger partial charge is 0.417 e. The van der Waals surface area contributed by atoms with Gasteiger partial charge in [0.25, 0.3) is 0 Å². The van der Waals surface area contributed by atoms with Crippen LogP contribution in [-0.4, -0.2) is 28.5 Å². The van der Waals surface area contributed by atoms with Crippen LogP contribution in [0.2, 0.25) is 0 Å². The van der Waals surface area contributed by atoms with E-state index in [1.807, 2.05) is 39.0 Å². The SMILES string of the molecule is CC(C)[C@H]1CC(=O)N(C(=O)OC(C)(C)C)[C@H]1CCc1ccccc1. The minimum atomic E-state index is -0.600. The Morgan fingerprint density at radius 2 is 1.88 bits per heavy atom. The lowest BCUT2D eigenvalue weighted by molar-refractivity contribution is -0.128. The van der Waals surface area contributed by atoms with E-state index < -0.39 is 11.7 Å². The van der Waals surface area contributed by atoms with Crippen LogP contribution in [0, 0.1) is 11.8 Å². The molecule has 1 aromatic carbocycles. The van der Waals surface area contributed by atoms with E-state index in [1.165, 1.54) is 10.5 Å². The first kappa shape index (κ1) is 18.5. The van der Waals surface area contributed by atoms with Crippen molar-refractivity contribution in [2.75, 3.05) is 0 Å². The molecule has 0 N–H and O–H groups in total. The fourth-order valence-electron chi connectivity index (χ4n) is 3.34. The summed E-state index contributed by atoms with van der Waals surface area (Å²) in [7, 11) is 0. The fourth-order valence-corrected chi connectivity index (χ4v) is 3.34. The Kier molecular flexibility index (Phi) is 5.68. The Labute approximate surface area is 145 Å². The van der Waals surface area contributed by atoms with Gasteiger partial charge in [-0.05, 0) is 51.0 Å². The highest BCUT2D eigenvalue weighted by atomic mass is 16.6. The minimum absolute atomic E-state index is 0.0902. The van der Waals surface area contributed by atoms with Gasteiger partial charge in [-0.15, -0.1) is 0 Å². The number of likely N-dealkylation sites (tertiary alicyclic amines) is 1. The van der Waals surface area contributed by atoms with E-state index in [1.54, 1.807) is 0 Å². The second kappa shape index (κ2) is 7.37. The molecule has 1 heterocycles. The maximum Gasteiger partial charge on any atom is 0.417 e. The third kappa shape index (κ3) is 4.59. The Hall–Kier alpha value is -1.84. The quantitative estimate of drug-likeness (QED) is 0.820. The molecular weight excluding hydrogens is 302 g/mol. The van der Waals surface area contributed by atoms with Crippen LogP contribution >= 0.6 is 0 Å². The summed E-state index contributed by atoms with van der Waals surface area (Å²) in [6.45, 7) is 9.71. The maximum atomic E-state index is 12.5. The Bertz CT molecular complexity index is 574. The molecule has 4 heteroatoms. The second-order valence-corrected chi connectivity index (χ2v) is 7.95. The van der Waals surface area contributed by atoms with Crippen LogP contribution in [0.5, 0.6) is 0 Å². The molecule has 4 nitrogen and oxygen atoms in total. The summed E-state index contributed by atoms with van der Waals surface area (Å²) >= 11 is 0. The Morgan fingerprint density at radius 1 is 1.25 bits per heavy atom. The first-order valence-electron chi connectivity index (χ1n) is 8.78. The molecule has 1 aliphatic heterocycles. The van der Waals surface area contributed by atoms with Crippen molar-refractivity contribution >= 4 is 12.0 Å². The zero-order valence-corrected chi connectivity index (χ0v) is 15.4. The van der Waals surface area contributed by atoms with Crippen molar-refractivity contribution in [3.8, 4) is 0 Å². The summed E-state index contributed by atoms with van der Waals surface area (Å²) < 4.78 is 5.47. The zero-order valence-electron chi connectivity index (χ0n) is 15.4. The van der Waals surface area contributed by atoms with Crippen LogP contribution in [-0.2, 0) is 16.0 Å². The maximum absolute atomic E-state index is 12.5. The molecule has 1 fully saturated rings. The molecule has 0 aliphatic carbocycles. The van der Waals surface area contributed by atoms with Gasteiger partial charge in [0.15, 0.2) is 0 Å². The van der Waals surface area contributed by atoms with Crippen molar-refractivity contribution in [1.82, 2.24) is 4.90 Å². The highest BCUT2D eigenvalue weighted by Gasteiger charge is 2.45. The lowest BCUT2D eigenvalue weighted by Gasteiger charge is -2.30. The fraction of sp³-hybridized carbons (Fsp3) is 0.600. The summed E-state index contributed by atoms with van der Waals surface area (Å²) in [5.41, 5.74) is 0.626. The number of imide groups is 1. The minimum Gasteiger partial charge on any atom is -0.443 e. The van der Waals surface area contributed by atoms with Crippen LogP contribution in [0.1, 0.15) is 53.0 Å². The van der Waals surface area contributed by atoms with E-state index in [2.05, 4.69) is 26.0 Å². The van der Waals surface area contributed by atoms with Gasteiger partial charge in [0.05, 0.1) is 0 Å². The van der Waals surface area contributed by atoms with E-state index in [9.17, 15) is 9.59 Å². The van der Waals surface area contributed by atoms with E-state index in [0.717, 1.165) is 12.8 Å². The van der Waals surface area contributed by atoms with Gasteiger partial charge in [0.2, 0.25) is 5.91 Å². The van der Waals surface area contributed by atoms with Crippen LogP contribution < -0.4 is 0 Å². The number of aryl methyl sites for hydroxylation is 1. The highest BCUT2D eigenvalue weighted by molar-refractivity contribution is 5.94. The molecule has 1 aromatic rings. The number of carbonyl (C=O) groups excluding carboxylic acids is 2. The number of hydrogen-bond acceptors (Lipinski definition) is 3. The Balaban J connectivity index is 2.16. The third-order valence-corrected chi connectivity index (χ3v) is 4.52. The number of hydrogen-bond donors (Lipinski definition) is 0. The van der Waals surface area contributed by atoms with Gasteiger partial charge < -0.3 is 4.74 Å². The summed E-state index contributed by atoms with van der Waals surface area (Å²) in [6.07, 6.45) is 1.55. The van der Waals surface area contributed by atoms with Crippen LogP contribution in [0.3, 0.4) is 0 Å². The number of nitrogens with zero attached hydrogens (tertiary/aromatic N) is 1. The van der Waals surface area contributed by atoms with Gasteiger partial charge >= 0.3 is 6.09 Å². The van der Waals surface area contributed by atoms with Gasteiger partial charge in [-0.3, -0.25) is 4.79 Å². The number of amides is 2. The predicted molar refractivity (Wildman–Crippen MR) is 94.6 cm³/mol. The molecule has 2 amide bonds. The molecular formula is C20H29NO3. The molecule has 0 radical (unpaired) electrons. The summed E-state index contributed by atoms with van der Waals surface area (Å²) in [6, 6.07) is 10.1. The lowest BCUT2D eigenvalue weighted by Crippen LogP contribution is -2.44. The van der Waals surface area contributed by atoms with Crippen molar-refractivity contribution in [2.24, 2.45) is 11.8 Å². The van der Waals surface area contributed by atoms with Crippen LogP contribution in [0.15, 0.2) is 30.3 Å². The normalized spacial score (nSPS) is 21.4. The molecule has 0 unspecified atom stereocenters. The topological polar surface area (TPSA) is 46.6 Å². The predicted octanol–water partition coefficient (Wildman–Crippen LogP) is 4.43. The Morgan fingerprint density at radius 3 is 2.42 bits per heavy atom. The number of carbonyl (C=O) groups is 2. The average molecular weight is 331 g/mol. The number of ether oxygens (including phenoxy) is 1. The van der Waals surface area contributed by atoms with E-state index in [-0.39, 0.29) is 17.9 Å². The van der Waals surface area contributed by atoms with Gasteiger partial charge in [0.1, 0.15) is 5.60 Å². The molecule has 0 bridgehead atoms. The second-order valence-electron chi connectivity index (χ2n) is 7.95. The monoisotopic (exact) mass is 331 g/mol. The summed E-state index contributed by atoms with van der Waals surface area (Å²) in [5.74, 6) is 0.428. The number of benzene rings is 1. The van der Waals surface area contributed by atoms with Crippen LogP contribution in [0.4, 0.5) is 4.79 Å². The van der Waals surface area contributed by atoms with Gasteiger partial charge in [-0.2, -0.15) is 0 Å². The molecule has 1 saturated heterocycles. The molecule has 2 rings (SSSR count). The van der Waals surface area contributed by atoms with Crippen molar-refractivity contribution in [1.29, 1.82) is 0 Å². The lowest BCUT2D eigenvalue weighted by atomic mass is 9.86. The third-order valence-electron chi connectivity index (χ3n) is 4.52. The van der Waals surface area contributed by atoms with E-state index in [4.69, 9.17) is 4.74 Å². The summed E-state index contributed by atoms with van der Waals surface area (Å²) in [4.78, 5) is 26.4. The zero-order chi connectivity index (χ0) is 17.9. The van der Waals surface area contributed by atoms with Gasteiger partial charge in [-0.25, -0.2) is 9.69 Å². The van der Waals surface area contributed by atoms with Crippen molar-refractivity contribution in [3.63, 3.8) is 0 Å². The molecule has 132 valence electrons. The van der Waals surface area contributed by atoms with E-state index in [0.29, 0.717) is 12.3 Å². The highest BCUT2D eigenvalue weighted by Crippen LogP contribution is 2.35. The average Bonchev–Trinajstić information content (AvgIpc) is 2.81. The first-order chi connectivity index (χ1) is 11.2.